The number of carbonyl (C=O) groups excluding carboxylic acids is 3. The summed E-state index contributed by atoms with van der Waals surface area (Å²) in [6.07, 6.45) is 50.8. The van der Waals surface area contributed by atoms with E-state index < -0.39 is 32.5 Å². The van der Waals surface area contributed by atoms with E-state index in [2.05, 4.69) is 79.1 Å². The van der Waals surface area contributed by atoms with Gasteiger partial charge in [0.1, 0.15) is 6.61 Å². The number of rotatable bonds is 35. The summed E-state index contributed by atoms with van der Waals surface area (Å²) in [7, 11) is -4.80. The number of phosphoric acid groups is 1. The summed E-state index contributed by atoms with van der Waals surface area (Å²) in [6.45, 7) is 3.31. The summed E-state index contributed by atoms with van der Waals surface area (Å²) in [4.78, 5) is 54.5. The molecule has 0 aromatic rings. The monoisotopic (exact) mass is 784 g/mol. The molecule has 0 fully saturated rings. The first-order valence-electron chi connectivity index (χ1n) is 20.1. The maximum absolute atomic E-state index is 12.4. The summed E-state index contributed by atoms with van der Waals surface area (Å²) >= 11 is 0. The predicted molar refractivity (Wildman–Crippen MR) is 225 cm³/mol. The molecule has 0 aromatic carbocycles. The van der Waals surface area contributed by atoms with Gasteiger partial charge in [0.2, 0.25) is 0 Å². The molecule has 0 aromatic heterocycles. The lowest BCUT2D eigenvalue weighted by atomic mass is 10.1. The first-order valence-corrected chi connectivity index (χ1v) is 21.7. The van der Waals surface area contributed by atoms with Crippen molar-refractivity contribution in [1.82, 2.24) is 0 Å². The number of phosphoric ester groups is 1. The molecule has 0 aliphatic heterocycles. The lowest BCUT2D eigenvalue weighted by Crippen LogP contribution is -2.29. The van der Waals surface area contributed by atoms with Crippen LogP contribution in [0.4, 0.5) is 0 Å². The third kappa shape index (κ3) is 41.4. The molecule has 0 amide bonds. The number of hydrogen-bond acceptors (Lipinski definition) is 7. The van der Waals surface area contributed by atoms with E-state index in [0.29, 0.717) is 25.7 Å². The zero-order valence-corrected chi connectivity index (χ0v) is 34.4. The molecule has 55 heavy (non-hydrogen) atoms. The van der Waals surface area contributed by atoms with Crippen LogP contribution in [0.1, 0.15) is 136 Å². The molecule has 0 unspecified atom stereocenters. The van der Waals surface area contributed by atoms with E-state index in [9.17, 15) is 18.9 Å². The fourth-order valence-corrected chi connectivity index (χ4v) is 5.12. The van der Waals surface area contributed by atoms with E-state index in [1.807, 2.05) is 36.5 Å². The van der Waals surface area contributed by atoms with Crippen molar-refractivity contribution < 1.29 is 42.7 Å². The van der Waals surface area contributed by atoms with Gasteiger partial charge in [0, 0.05) is 19.3 Å². The van der Waals surface area contributed by atoms with Gasteiger partial charge in [0.25, 0.3) is 0 Å². The third-order valence-corrected chi connectivity index (χ3v) is 8.24. The SMILES string of the molecule is CC/C=C\C/C=C\C/C=C\C/C=C\C/C=C\CCCCCC(=O)OC[C@H](COP(=O)(O)O)OC(=O)CCC/C=C\C/C=C\C/C=C\C=C\C(=O)CCCCC. The topological polar surface area (TPSA) is 136 Å². The Morgan fingerprint density at radius 2 is 1.05 bits per heavy atom. The fourth-order valence-electron chi connectivity index (χ4n) is 4.76. The molecule has 0 bridgehead atoms. The second kappa shape index (κ2) is 38.6. The highest BCUT2D eigenvalue weighted by atomic mass is 31.2. The van der Waals surface area contributed by atoms with Crippen LogP contribution in [0.25, 0.3) is 0 Å². The minimum Gasteiger partial charge on any atom is -0.462 e. The van der Waals surface area contributed by atoms with E-state index >= 15 is 0 Å². The molecule has 0 radical (unpaired) electrons. The Morgan fingerprint density at radius 3 is 1.62 bits per heavy atom. The van der Waals surface area contributed by atoms with Crippen LogP contribution in [0.2, 0.25) is 0 Å². The van der Waals surface area contributed by atoms with Gasteiger partial charge in [-0.25, -0.2) is 4.57 Å². The van der Waals surface area contributed by atoms with Crippen molar-refractivity contribution in [2.24, 2.45) is 0 Å². The van der Waals surface area contributed by atoms with Crippen LogP contribution in [-0.4, -0.2) is 46.8 Å². The van der Waals surface area contributed by atoms with Crippen LogP contribution in [0.5, 0.6) is 0 Å². The van der Waals surface area contributed by atoms with Crippen LogP contribution >= 0.6 is 7.82 Å². The summed E-state index contributed by atoms with van der Waals surface area (Å²) in [6, 6.07) is 0. The summed E-state index contributed by atoms with van der Waals surface area (Å²) < 4.78 is 26.2. The van der Waals surface area contributed by atoms with Gasteiger partial charge in [-0.1, -0.05) is 136 Å². The smallest absolute Gasteiger partial charge is 0.462 e. The maximum atomic E-state index is 12.4. The molecule has 0 saturated heterocycles. The number of allylic oxidation sites excluding steroid dienone is 18. The minimum absolute atomic E-state index is 0.0951. The highest BCUT2D eigenvalue weighted by Crippen LogP contribution is 2.35. The summed E-state index contributed by atoms with van der Waals surface area (Å²) in [5.74, 6) is -0.877. The Kier molecular flexibility index (Phi) is 36.1. The number of esters is 2. The average molecular weight is 785 g/mol. The lowest BCUT2D eigenvalue weighted by molar-refractivity contribution is -0.161. The standard InChI is InChI=1S/C45H69O9P/c1-3-5-7-8-9-10-11-12-13-14-15-16-17-18-21-24-27-30-34-38-44(47)52-40-43(41-53-55(49,50)51)54-45(48)39-35-31-28-25-22-19-20-23-26-29-33-37-42(46)36-32-6-4-2/h5,7,9-10,12-13,15-16,18-21,25-26,28-29,33,37,43H,3-4,6,8,11,14,17,22-24,27,30-32,34-36,38-41H2,1-2H3,(H2,49,50,51)/b7-5-,10-9-,13-12-,16-15-,20-19-,21-18-,28-25-,29-26-,37-33+/t43-/m1/s1. The van der Waals surface area contributed by atoms with Gasteiger partial charge in [-0.2, -0.15) is 0 Å². The molecule has 9 nitrogen and oxygen atoms in total. The van der Waals surface area contributed by atoms with E-state index in [1.54, 1.807) is 12.2 Å². The minimum atomic E-state index is -4.80. The molecule has 0 saturated carbocycles. The number of unbranched alkanes of at least 4 members (excludes halogenated alkanes) is 6. The molecule has 1 atom stereocenters. The molecule has 308 valence electrons. The van der Waals surface area contributed by atoms with E-state index in [1.165, 1.54) is 0 Å². The van der Waals surface area contributed by atoms with Crippen molar-refractivity contribution in [2.75, 3.05) is 13.2 Å². The predicted octanol–water partition coefficient (Wildman–Crippen LogP) is 11.6. The average Bonchev–Trinajstić information content (AvgIpc) is 3.15. The van der Waals surface area contributed by atoms with Crippen LogP contribution in [-0.2, 0) is 32.9 Å². The van der Waals surface area contributed by atoms with Crippen molar-refractivity contribution in [3.05, 3.63) is 109 Å². The molecule has 0 heterocycles. The second-order valence-corrected chi connectivity index (χ2v) is 14.1. The largest absolute Gasteiger partial charge is 0.469 e. The van der Waals surface area contributed by atoms with E-state index in [-0.39, 0.29) is 25.2 Å². The Bertz CT molecular complexity index is 1310. The Hall–Kier alpha value is -3.62. The lowest BCUT2D eigenvalue weighted by Gasteiger charge is -2.18. The van der Waals surface area contributed by atoms with Crippen molar-refractivity contribution in [3.63, 3.8) is 0 Å². The van der Waals surface area contributed by atoms with Crippen LogP contribution in [0.3, 0.4) is 0 Å². The summed E-state index contributed by atoms with van der Waals surface area (Å²) in [5, 5.41) is 0. The van der Waals surface area contributed by atoms with Gasteiger partial charge in [-0.3, -0.25) is 18.9 Å². The van der Waals surface area contributed by atoms with Gasteiger partial charge in [0.15, 0.2) is 11.9 Å². The zero-order valence-electron chi connectivity index (χ0n) is 33.5. The van der Waals surface area contributed by atoms with Gasteiger partial charge in [0.05, 0.1) is 6.61 Å². The molecule has 0 aliphatic rings. The quantitative estimate of drug-likeness (QED) is 0.0161. The van der Waals surface area contributed by atoms with Crippen molar-refractivity contribution >= 4 is 25.5 Å². The van der Waals surface area contributed by atoms with Crippen LogP contribution in [0.15, 0.2) is 109 Å². The van der Waals surface area contributed by atoms with Gasteiger partial charge >= 0.3 is 19.8 Å². The highest BCUT2D eigenvalue weighted by molar-refractivity contribution is 7.46. The second-order valence-electron chi connectivity index (χ2n) is 12.9. The number of hydrogen-bond donors (Lipinski definition) is 2. The number of carbonyl (C=O) groups is 3. The van der Waals surface area contributed by atoms with E-state index in [4.69, 9.17) is 19.3 Å². The Morgan fingerprint density at radius 1 is 0.545 bits per heavy atom. The number of ether oxygens (including phenoxy) is 2. The maximum Gasteiger partial charge on any atom is 0.469 e. The van der Waals surface area contributed by atoms with Crippen LogP contribution in [0, 0.1) is 0 Å². The fraction of sp³-hybridized carbons (Fsp3) is 0.533. The molecule has 10 heteroatoms. The molecule has 0 rings (SSSR count). The Balaban J connectivity index is 4.18. The number of ketones is 1. The van der Waals surface area contributed by atoms with Crippen molar-refractivity contribution in [1.29, 1.82) is 0 Å². The van der Waals surface area contributed by atoms with Gasteiger partial charge in [-0.15, -0.1) is 0 Å². The summed E-state index contributed by atoms with van der Waals surface area (Å²) in [5.41, 5.74) is 0. The third-order valence-electron chi connectivity index (χ3n) is 7.75. The molecule has 0 spiro atoms. The highest BCUT2D eigenvalue weighted by Gasteiger charge is 2.22. The Labute approximate surface area is 332 Å². The molecule has 0 aliphatic carbocycles. The van der Waals surface area contributed by atoms with Crippen molar-refractivity contribution in [2.45, 2.75) is 142 Å². The normalized spacial score (nSPS) is 13.5. The molecule has 2 N–H and O–H groups in total. The molecular formula is C45H69O9P. The van der Waals surface area contributed by atoms with Crippen LogP contribution < -0.4 is 0 Å². The van der Waals surface area contributed by atoms with Gasteiger partial charge in [-0.05, 0) is 89.5 Å². The first kappa shape index (κ1) is 51.4. The molecular weight excluding hydrogens is 715 g/mol. The van der Waals surface area contributed by atoms with E-state index in [0.717, 1.165) is 83.5 Å². The zero-order chi connectivity index (χ0) is 40.5. The van der Waals surface area contributed by atoms with Gasteiger partial charge < -0.3 is 19.3 Å². The first-order chi connectivity index (χ1) is 26.7. The van der Waals surface area contributed by atoms with Crippen molar-refractivity contribution in [3.8, 4) is 0 Å².